The van der Waals surface area contributed by atoms with Crippen LogP contribution >= 0.6 is 0 Å². The van der Waals surface area contributed by atoms with E-state index in [0.29, 0.717) is 0 Å². The van der Waals surface area contributed by atoms with Crippen molar-refractivity contribution in [1.82, 2.24) is 4.57 Å². The van der Waals surface area contributed by atoms with Gasteiger partial charge in [-0.2, -0.15) is 0 Å². The average Bonchev–Trinajstić information content (AvgIpc) is 3.53. The second-order valence-corrected chi connectivity index (χ2v) is 13.0. The van der Waals surface area contributed by atoms with Gasteiger partial charge >= 0.3 is 0 Å². The first-order valence-electron chi connectivity index (χ1n) is 17.2. The molecule has 0 N–H and O–H groups in total. The lowest BCUT2D eigenvalue weighted by Gasteiger charge is -2.26. The predicted molar refractivity (Wildman–Crippen MR) is 213 cm³/mol. The Morgan fingerprint density at radius 1 is 0.320 bits per heavy atom. The fourth-order valence-corrected chi connectivity index (χ4v) is 7.79. The Bertz CT molecular complexity index is 2790. The summed E-state index contributed by atoms with van der Waals surface area (Å²) in [7, 11) is 0. The van der Waals surface area contributed by atoms with E-state index in [1.807, 2.05) is 0 Å². The van der Waals surface area contributed by atoms with E-state index in [1.54, 1.807) is 0 Å². The number of fused-ring (bicyclic) bond motifs is 8. The van der Waals surface area contributed by atoms with Crippen molar-refractivity contribution in [1.29, 1.82) is 0 Å². The van der Waals surface area contributed by atoms with Gasteiger partial charge in [-0.05, 0) is 104 Å². The monoisotopic (exact) mass is 636 g/mol. The highest BCUT2D eigenvalue weighted by Gasteiger charge is 2.15. The summed E-state index contributed by atoms with van der Waals surface area (Å²) in [5.41, 5.74) is 9.36. The standard InChI is InChI=1S/C48H32N2/c1-2-11-38(12-3-1)49(41-30-31-43-37(32-41)21-20-36-19-18-35-10-4-5-13-42(35)48(36)43)39-26-22-33(23-27-39)34-24-28-40(29-25-34)50-46-16-8-6-14-44(46)45-15-7-9-17-47(45)50/h1-32H. The molecule has 50 heavy (non-hydrogen) atoms. The second-order valence-electron chi connectivity index (χ2n) is 13.0. The van der Waals surface area contributed by atoms with Gasteiger partial charge < -0.3 is 9.47 Å². The van der Waals surface area contributed by atoms with Crippen LogP contribution in [0.3, 0.4) is 0 Å². The number of anilines is 3. The summed E-state index contributed by atoms with van der Waals surface area (Å²) in [4.78, 5) is 2.35. The van der Waals surface area contributed by atoms with Crippen molar-refractivity contribution >= 4 is 71.2 Å². The van der Waals surface area contributed by atoms with Gasteiger partial charge in [0.2, 0.25) is 0 Å². The maximum absolute atomic E-state index is 2.37. The maximum atomic E-state index is 2.37. The van der Waals surface area contributed by atoms with Crippen LogP contribution in [0.1, 0.15) is 0 Å². The molecule has 9 aromatic carbocycles. The molecular formula is C48H32N2. The van der Waals surface area contributed by atoms with Crippen LogP contribution in [0.15, 0.2) is 194 Å². The molecule has 1 heterocycles. The van der Waals surface area contributed by atoms with Crippen LogP contribution in [0.5, 0.6) is 0 Å². The number of rotatable bonds is 5. The molecule has 0 radical (unpaired) electrons. The highest BCUT2D eigenvalue weighted by atomic mass is 15.1. The smallest absolute Gasteiger partial charge is 0.0541 e. The molecule has 0 aliphatic heterocycles. The molecule has 2 heteroatoms. The van der Waals surface area contributed by atoms with Crippen molar-refractivity contribution in [2.24, 2.45) is 0 Å². The van der Waals surface area contributed by atoms with Crippen molar-refractivity contribution in [3.05, 3.63) is 194 Å². The molecule has 234 valence electrons. The second kappa shape index (κ2) is 11.5. The molecule has 0 saturated carbocycles. The van der Waals surface area contributed by atoms with Crippen LogP contribution in [0.25, 0.3) is 70.9 Å². The molecule has 0 saturated heterocycles. The summed E-state index contributed by atoms with van der Waals surface area (Å²) in [5, 5.41) is 10.2. The van der Waals surface area contributed by atoms with Gasteiger partial charge in [-0.15, -0.1) is 0 Å². The first-order chi connectivity index (χ1) is 24.8. The lowest BCUT2D eigenvalue weighted by atomic mass is 9.96. The lowest BCUT2D eigenvalue weighted by molar-refractivity contribution is 1.18. The van der Waals surface area contributed by atoms with Crippen molar-refractivity contribution in [3.63, 3.8) is 0 Å². The number of hydrogen-bond acceptors (Lipinski definition) is 1. The zero-order valence-electron chi connectivity index (χ0n) is 27.4. The van der Waals surface area contributed by atoms with E-state index in [4.69, 9.17) is 0 Å². The van der Waals surface area contributed by atoms with E-state index in [9.17, 15) is 0 Å². The molecule has 0 aliphatic carbocycles. The van der Waals surface area contributed by atoms with Gasteiger partial charge in [0, 0.05) is 33.5 Å². The van der Waals surface area contributed by atoms with Gasteiger partial charge in [0.15, 0.2) is 0 Å². The minimum absolute atomic E-state index is 1.12. The molecule has 2 nitrogen and oxygen atoms in total. The fourth-order valence-electron chi connectivity index (χ4n) is 7.79. The van der Waals surface area contributed by atoms with Crippen LogP contribution in [0.2, 0.25) is 0 Å². The van der Waals surface area contributed by atoms with Crippen LogP contribution in [-0.2, 0) is 0 Å². The number of hydrogen-bond donors (Lipinski definition) is 0. The highest BCUT2D eigenvalue weighted by Crippen LogP contribution is 2.40. The molecule has 0 amide bonds. The van der Waals surface area contributed by atoms with Gasteiger partial charge in [0.1, 0.15) is 0 Å². The summed E-state index contributed by atoms with van der Waals surface area (Å²) >= 11 is 0. The minimum atomic E-state index is 1.12. The van der Waals surface area contributed by atoms with Gasteiger partial charge in [-0.3, -0.25) is 0 Å². The molecule has 0 atom stereocenters. The zero-order valence-corrected chi connectivity index (χ0v) is 27.4. The van der Waals surface area contributed by atoms with E-state index in [1.165, 1.54) is 65.3 Å². The SMILES string of the molecule is c1ccc(N(c2ccc(-c3ccc(-n4c5ccccc5c5ccccc54)cc3)cc2)c2ccc3c(ccc4ccc5ccccc5c43)c2)cc1. The van der Waals surface area contributed by atoms with E-state index in [-0.39, 0.29) is 0 Å². The minimum Gasteiger partial charge on any atom is -0.310 e. The van der Waals surface area contributed by atoms with E-state index >= 15 is 0 Å². The third-order valence-corrected chi connectivity index (χ3v) is 10.1. The topological polar surface area (TPSA) is 8.17 Å². The first kappa shape index (κ1) is 28.4. The Labute approximate surface area is 290 Å². The zero-order chi connectivity index (χ0) is 33.0. The van der Waals surface area contributed by atoms with Gasteiger partial charge in [0.25, 0.3) is 0 Å². The van der Waals surface area contributed by atoms with Gasteiger partial charge in [-0.25, -0.2) is 0 Å². The molecular weight excluding hydrogens is 605 g/mol. The van der Waals surface area contributed by atoms with Crippen molar-refractivity contribution < 1.29 is 0 Å². The van der Waals surface area contributed by atoms with E-state index in [2.05, 4.69) is 204 Å². The highest BCUT2D eigenvalue weighted by molar-refractivity contribution is 6.20. The van der Waals surface area contributed by atoms with Gasteiger partial charge in [0.05, 0.1) is 11.0 Å². The van der Waals surface area contributed by atoms with Crippen molar-refractivity contribution in [2.75, 3.05) is 4.90 Å². The summed E-state index contributed by atoms with van der Waals surface area (Å²) < 4.78 is 2.37. The Kier molecular flexibility index (Phi) is 6.53. The quantitative estimate of drug-likeness (QED) is 0.171. The third kappa shape index (κ3) is 4.57. The molecule has 0 spiro atoms. The number of para-hydroxylation sites is 3. The summed E-state index contributed by atoms with van der Waals surface area (Å²) in [6, 6.07) is 70.4. The molecule has 0 fully saturated rings. The number of nitrogens with zero attached hydrogens (tertiary/aromatic N) is 2. The normalized spacial score (nSPS) is 11.6. The molecule has 1 aromatic heterocycles. The molecule has 10 aromatic rings. The molecule has 10 rings (SSSR count). The fraction of sp³-hybridized carbons (Fsp3) is 0. The lowest BCUT2D eigenvalue weighted by Crippen LogP contribution is -2.09. The van der Waals surface area contributed by atoms with E-state index < -0.39 is 0 Å². The first-order valence-corrected chi connectivity index (χ1v) is 17.2. The Morgan fingerprint density at radius 2 is 0.820 bits per heavy atom. The third-order valence-electron chi connectivity index (χ3n) is 10.1. The number of aromatic nitrogens is 1. The molecule has 0 bridgehead atoms. The van der Waals surface area contributed by atoms with Crippen LogP contribution in [0, 0.1) is 0 Å². The molecule has 0 unspecified atom stereocenters. The average molecular weight is 637 g/mol. The van der Waals surface area contributed by atoms with Crippen LogP contribution in [-0.4, -0.2) is 4.57 Å². The number of benzene rings is 9. The van der Waals surface area contributed by atoms with Crippen LogP contribution in [0.4, 0.5) is 17.1 Å². The predicted octanol–water partition coefficient (Wildman–Crippen LogP) is 13.4. The summed E-state index contributed by atoms with van der Waals surface area (Å²) in [6.45, 7) is 0. The Morgan fingerprint density at radius 3 is 1.52 bits per heavy atom. The Balaban J connectivity index is 1.03. The molecule has 0 aliphatic rings. The van der Waals surface area contributed by atoms with Gasteiger partial charge in [-0.1, -0.05) is 133 Å². The Hall–Kier alpha value is -6.64. The van der Waals surface area contributed by atoms with Crippen molar-refractivity contribution in [3.8, 4) is 16.8 Å². The maximum Gasteiger partial charge on any atom is 0.0541 e. The van der Waals surface area contributed by atoms with Crippen LogP contribution < -0.4 is 4.90 Å². The summed E-state index contributed by atoms with van der Waals surface area (Å²) in [5.74, 6) is 0. The van der Waals surface area contributed by atoms with Crippen molar-refractivity contribution in [2.45, 2.75) is 0 Å². The van der Waals surface area contributed by atoms with E-state index in [0.717, 1.165) is 22.7 Å². The summed E-state index contributed by atoms with van der Waals surface area (Å²) in [6.07, 6.45) is 0. The largest absolute Gasteiger partial charge is 0.310 e.